The van der Waals surface area contributed by atoms with E-state index in [1.165, 1.54) is 0 Å². The number of phosphoric acid groups is 3. The molecule has 3 heterocycles. The highest BCUT2D eigenvalue weighted by atomic mass is 79.9. The number of hydrogen-bond donors (Lipinski definition) is 8. The Balaban J connectivity index is 1.86. The van der Waals surface area contributed by atoms with Crippen LogP contribution in [0.25, 0.3) is 11.2 Å². The number of nitrogens with two attached hydrogens (primary N) is 1. The number of carbonyl (C=O) groups excluding carboxylic acids is 2. The van der Waals surface area contributed by atoms with Gasteiger partial charge in [0.1, 0.15) is 18.3 Å². The van der Waals surface area contributed by atoms with Crippen molar-refractivity contribution in [3.63, 3.8) is 0 Å². The van der Waals surface area contributed by atoms with Crippen LogP contribution in [-0.2, 0) is 41.2 Å². The molecule has 1 saturated heterocycles. The Labute approximate surface area is 233 Å². The number of phosphoric ester groups is 1. The first-order valence-corrected chi connectivity index (χ1v) is 16.8. The topological polar surface area (TPSA) is 333 Å². The van der Waals surface area contributed by atoms with Crippen molar-refractivity contribution in [2.24, 2.45) is 0 Å². The number of nitrogens with zero attached hydrogens (tertiary/aromatic N) is 3. The summed E-state index contributed by atoms with van der Waals surface area (Å²) in [5.41, 5.74) is 4.14. The maximum Gasteiger partial charge on any atom is 0.490 e. The normalized spacial score (nSPS) is 24.6. The van der Waals surface area contributed by atoms with Gasteiger partial charge < -0.3 is 40.3 Å². The quantitative estimate of drug-likeness (QED) is 0.0494. The van der Waals surface area contributed by atoms with Crippen LogP contribution in [0.4, 0.5) is 5.95 Å². The lowest BCUT2D eigenvalue weighted by Gasteiger charge is -2.19. The first-order valence-electron chi connectivity index (χ1n) is 10.2. The largest absolute Gasteiger partial charge is 0.490 e. The van der Waals surface area contributed by atoms with E-state index in [2.05, 4.69) is 44.0 Å². The number of halogens is 1. The van der Waals surface area contributed by atoms with Crippen molar-refractivity contribution >= 4 is 79.8 Å². The van der Waals surface area contributed by atoms with E-state index in [-0.39, 0.29) is 21.7 Å². The van der Waals surface area contributed by atoms with Gasteiger partial charge in [-0.15, -0.1) is 0 Å². The molecule has 224 valence electrons. The average Bonchev–Trinajstić information content (AvgIpc) is 3.30. The van der Waals surface area contributed by atoms with Gasteiger partial charge in [-0.25, -0.2) is 18.7 Å². The first-order chi connectivity index (χ1) is 18.3. The Kier molecular flexibility index (Phi) is 10.3. The van der Waals surface area contributed by atoms with Crippen LogP contribution in [-0.4, -0.2) is 96.9 Å². The summed E-state index contributed by atoms with van der Waals surface area (Å²) in [6.07, 6.45) is -7.12. The zero-order valence-corrected chi connectivity index (χ0v) is 24.3. The second-order valence-electron chi connectivity index (χ2n) is 7.59. The third kappa shape index (κ3) is 8.12. The summed E-state index contributed by atoms with van der Waals surface area (Å²) in [5.74, 6) is -2.46. The number of aliphatic hydroxyl groups excluding tert-OH is 2. The SMILES string of the molecule is Nc1nc2c(nc(SCC(=O)C(=O)CBr)n2[C@@H]2O[C@H](COP(=O)(O)OP(=O)(O)OP(=O)(O)O)[C@@H](O)[C@H]2O)c(=O)[nH]1. The number of aromatic nitrogens is 4. The third-order valence-electron chi connectivity index (χ3n) is 4.71. The Morgan fingerprint density at radius 3 is 2.33 bits per heavy atom. The van der Waals surface area contributed by atoms with Crippen molar-refractivity contribution in [3.05, 3.63) is 10.4 Å². The van der Waals surface area contributed by atoms with Gasteiger partial charge in [-0.05, 0) is 0 Å². The van der Waals surface area contributed by atoms with Crippen molar-refractivity contribution in [1.82, 2.24) is 19.5 Å². The number of thioether (sulfide) groups is 1. The van der Waals surface area contributed by atoms with E-state index in [1.807, 2.05) is 0 Å². The van der Waals surface area contributed by atoms with Gasteiger partial charge in [-0.1, -0.05) is 27.7 Å². The van der Waals surface area contributed by atoms with Gasteiger partial charge in [0, 0.05) is 0 Å². The van der Waals surface area contributed by atoms with Gasteiger partial charge >= 0.3 is 23.5 Å². The van der Waals surface area contributed by atoms with Crippen molar-refractivity contribution in [2.75, 3.05) is 23.4 Å². The Morgan fingerprint density at radius 1 is 1.07 bits per heavy atom. The number of H-pyrrole nitrogens is 1. The third-order valence-corrected chi connectivity index (χ3v) is 9.98. The van der Waals surface area contributed by atoms with E-state index < -0.39 is 83.4 Å². The number of nitrogen functional groups attached to an aromatic ring is 1. The number of imidazole rings is 1. The maximum atomic E-state index is 12.4. The van der Waals surface area contributed by atoms with Crippen LogP contribution >= 0.6 is 51.2 Å². The minimum absolute atomic E-state index is 0.195. The lowest BCUT2D eigenvalue weighted by molar-refractivity contribution is -0.133. The molecule has 0 aliphatic carbocycles. The molecule has 26 heteroatoms. The summed E-state index contributed by atoms with van der Waals surface area (Å²) >= 11 is 3.49. The zero-order chi connectivity index (χ0) is 30.2. The van der Waals surface area contributed by atoms with E-state index in [0.29, 0.717) is 11.8 Å². The van der Waals surface area contributed by atoms with E-state index in [4.69, 9.17) is 20.3 Å². The molecular weight excluding hydrogens is 699 g/mol. The van der Waals surface area contributed by atoms with Crippen LogP contribution in [0.5, 0.6) is 0 Å². The van der Waals surface area contributed by atoms with Crippen molar-refractivity contribution in [2.45, 2.75) is 29.7 Å². The maximum absolute atomic E-state index is 12.4. The zero-order valence-electron chi connectivity index (χ0n) is 19.2. The molecule has 2 unspecified atom stereocenters. The fraction of sp³-hybridized carbons (Fsp3) is 0.500. The lowest BCUT2D eigenvalue weighted by Crippen LogP contribution is -2.33. The van der Waals surface area contributed by atoms with Crippen LogP contribution in [0.3, 0.4) is 0 Å². The predicted molar refractivity (Wildman–Crippen MR) is 133 cm³/mol. The van der Waals surface area contributed by atoms with Gasteiger partial charge in [-0.2, -0.15) is 13.6 Å². The number of alkyl halides is 1. The Hall–Kier alpha value is -1.39. The van der Waals surface area contributed by atoms with Crippen LogP contribution in [0.15, 0.2) is 9.95 Å². The van der Waals surface area contributed by atoms with Gasteiger partial charge in [0.25, 0.3) is 5.56 Å². The summed E-state index contributed by atoms with van der Waals surface area (Å²) in [6, 6.07) is 0. The molecule has 1 fully saturated rings. The molecule has 1 aliphatic rings. The number of fused-ring (bicyclic) bond motifs is 1. The number of ether oxygens (including phenoxy) is 1. The predicted octanol–water partition coefficient (Wildman–Crippen LogP) is -1.71. The number of ketones is 2. The van der Waals surface area contributed by atoms with E-state index in [1.54, 1.807) is 0 Å². The minimum Gasteiger partial charge on any atom is -0.387 e. The number of aromatic amines is 1. The summed E-state index contributed by atoms with van der Waals surface area (Å²) in [6.45, 7) is -1.12. The van der Waals surface area contributed by atoms with Crippen molar-refractivity contribution in [3.8, 4) is 0 Å². The molecule has 2 aromatic heterocycles. The van der Waals surface area contributed by atoms with Crippen LogP contribution < -0.4 is 11.3 Å². The number of carbonyl (C=O) groups is 2. The van der Waals surface area contributed by atoms with Crippen LogP contribution in [0, 0.1) is 0 Å². The van der Waals surface area contributed by atoms with Gasteiger partial charge in [0.05, 0.1) is 17.7 Å². The molecule has 0 radical (unpaired) electrons. The lowest BCUT2D eigenvalue weighted by atomic mass is 10.1. The second-order valence-corrected chi connectivity index (χ2v) is 13.5. The molecule has 2 aromatic rings. The van der Waals surface area contributed by atoms with Gasteiger partial charge in [0.2, 0.25) is 17.5 Å². The summed E-state index contributed by atoms with van der Waals surface area (Å²) in [4.78, 5) is 82.2. The van der Waals surface area contributed by atoms with Crippen LogP contribution in [0.1, 0.15) is 6.23 Å². The molecule has 40 heavy (non-hydrogen) atoms. The summed E-state index contributed by atoms with van der Waals surface area (Å²) in [5, 5.41) is 20.7. The fourth-order valence-corrected chi connectivity index (χ4v) is 7.40. The van der Waals surface area contributed by atoms with E-state index in [0.717, 1.165) is 4.57 Å². The first kappa shape index (κ1) is 33.1. The number of Topliss-reactive ketones (excluding diaryl/α,β-unsaturated/α-hetero) is 2. The molecule has 0 saturated carbocycles. The second kappa shape index (κ2) is 12.5. The Bertz CT molecular complexity index is 1510. The average molecular weight is 718 g/mol. The molecular formula is C14H19BrN5O16P3S. The summed E-state index contributed by atoms with van der Waals surface area (Å²) in [7, 11) is -17.1. The number of rotatable bonds is 13. The molecule has 0 amide bonds. The fourth-order valence-electron chi connectivity index (χ4n) is 3.15. The van der Waals surface area contributed by atoms with Crippen molar-refractivity contribution in [1.29, 1.82) is 0 Å². The van der Waals surface area contributed by atoms with Crippen LogP contribution in [0.2, 0.25) is 0 Å². The molecule has 0 bridgehead atoms. The molecule has 3 rings (SSSR count). The molecule has 0 spiro atoms. The van der Waals surface area contributed by atoms with Gasteiger partial charge in [-0.3, -0.25) is 28.5 Å². The summed E-state index contributed by atoms with van der Waals surface area (Å²) < 4.78 is 52.3. The highest BCUT2D eigenvalue weighted by Crippen LogP contribution is 2.66. The number of aliphatic hydroxyl groups is 2. The van der Waals surface area contributed by atoms with E-state index in [9.17, 15) is 48.1 Å². The monoisotopic (exact) mass is 717 g/mol. The highest BCUT2D eigenvalue weighted by Gasteiger charge is 2.47. The standard InChI is InChI=1S/C14H19BrN5O16P3S/c15-1-4(21)5(22)3-40-14-17-7-10(18-13(16)19-11(7)25)20(14)12-9(24)8(23)6(34-12)2-33-38(29,30)36-39(31,32)35-37(26,27)28/h6,8-9,12,23-24H,1-3H2,(H,29,30)(H,31,32)(H2,26,27,28)(H3,16,18,19,25)/t6-,8-,9-,12-/m1/s1. The molecule has 21 nitrogen and oxygen atoms in total. The number of anilines is 1. The Morgan fingerprint density at radius 2 is 1.73 bits per heavy atom. The van der Waals surface area contributed by atoms with Gasteiger partial charge in [0.15, 0.2) is 22.5 Å². The minimum atomic E-state index is -5.82. The highest BCUT2D eigenvalue weighted by molar-refractivity contribution is 9.09. The number of nitrogens with one attached hydrogen (secondary N) is 1. The number of hydrogen-bond acceptors (Lipinski definition) is 16. The van der Waals surface area contributed by atoms with Crippen molar-refractivity contribution < 1.29 is 71.0 Å². The molecule has 6 atom stereocenters. The smallest absolute Gasteiger partial charge is 0.387 e. The molecule has 9 N–H and O–H groups in total. The molecule has 1 aliphatic heterocycles. The van der Waals surface area contributed by atoms with E-state index >= 15 is 0 Å². The molecule has 0 aromatic carbocycles.